The molecule has 6 nitrogen and oxygen atoms in total. The number of aromatic nitrogens is 4. The highest BCUT2D eigenvalue weighted by Crippen LogP contribution is 2.17. The Kier molecular flexibility index (Phi) is 3.90. The van der Waals surface area contributed by atoms with Crippen LogP contribution in [0.4, 0.5) is 0 Å². The number of hydrogen-bond donors (Lipinski definition) is 0. The Hall–Kier alpha value is -1.82. The highest BCUT2D eigenvalue weighted by atomic mass is 35.5. The third-order valence-electron chi connectivity index (χ3n) is 2.97. The average molecular weight is 282 g/mol. The van der Waals surface area contributed by atoms with Gasteiger partial charge in [0.25, 0.3) is 5.91 Å². The van der Waals surface area contributed by atoms with E-state index in [2.05, 4.69) is 10.2 Å². The van der Waals surface area contributed by atoms with E-state index in [0.29, 0.717) is 23.8 Å². The summed E-state index contributed by atoms with van der Waals surface area (Å²) in [6, 6.07) is 1.88. The number of carbonyl (C=O) groups is 1. The molecule has 0 bridgehead atoms. The van der Waals surface area contributed by atoms with Crippen molar-refractivity contribution in [2.24, 2.45) is 7.05 Å². The molecule has 102 valence electrons. The van der Waals surface area contributed by atoms with Crippen LogP contribution in [0.15, 0.2) is 18.5 Å². The maximum Gasteiger partial charge on any atom is 0.273 e. The van der Waals surface area contributed by atoms with E-state index in [9.17, 15) is 4.79 Å². The van der Waals surface area contributed by atoms with Crippen molar-refractivity contribution < 1.29 is 4.79 Å². The topological polar surface area (TPSA) is 56.0 Å². The van der Waals surface area contributed by atoms with Gasteiger partial charge in [0.05, 0.1) is 23.5 Å². The second-order valence-electron chi connectivity index (χ2n) is 4.26. The minimum absolute atomic E-state index is 0.148. The van der Waals surface area contributed by atoms with Crippen LogP contribution in [-0.4, -0.2) is 37.4 Å². The summed E-state index contributed by atoms with van der Waals surface area (Å²) in [5.74, 6) is -0.148. The molecule has 0 saturated heterocycles. The molecule has 2 aromatic heterocycles. The third kappa shape index (κ3) is 2.63. The van der Waals surface area contributed by atoms with Crippen molar-refractivity contribution in [1.82, 2.24) is 24.5 Å². The molecule has 1 amide bonds. The van der Waals surface area contributed by atoms with Crippen LogP contribution >= 0.6 is 11.6 Å². The summed E-state index contributed by atoms with van der Waals surface area (Å²) in [5, 5.41) is 8.53. The van der Waals surface area contributed by atoms with E-state index in [1.54, 1.807) is 27.5 Å². The fraction of sp³-hybridized carbons (Fsp3) is 0.417. The molecule has 0 unspecified atom stereocenters. The summed E-state index contributed by atoms with van der Waals surface area (Å²) in [6.07, 6.45) is 3.20. The molecule has 7 heteroatoms. The van der Waals surface area contributed by atoms with Crippen molar-refractivity contribution in [3.05, 3.63) is 34.9 Å². The highest BCUT2D eigenvalue weighted by Gasteiger charge is 2.21. The smallest absolute Gasteiger partial charge is 0.273 e. The summed E-state index contributed by atoms with van der Waals surface area (Å²) in [6.45, 7) is 3.00. The van der Waals surface area contributed by atoms with Gasteiger partial charge in [-0.25, -0.2) is 0 Å². The lowest BCUT2D eigenvalue weighted by atomic mass is 10.3. The van der Waals surface area contributed by atoms with Gasteiger partial charge in [0.15, 0.2) is 0 Å². The second-order valence-corrected chi connectivity index (χ2v) is 4.67. The third-order valence-corrected chi connectivity index (χ3v) is 3.24. The molecule has 0 aliphatic heterocycles. The van der Waals surface area contributed by atoms with Crippen LogP contribution in [0, 0.1) is 0 Å². The molecule has 2 heterocycles. The van der Waals surface area contributed by atoms with Crippen molar-refractivity contribution in [1.29, 1.82) is 0 Å². The Morgan fingerprint density at radius 2 is 2.21 bits per heavy atom. The number of aryl methyl sites for hydroxylation is 2. The lowest BCUT2D eigenvalue weighted by Crippen LogP contribution is -2.29. The summed E-state index contributed by atoms with van der Waals surface area (Å²) in [5.41, 5.74) is 1.38. The zero-order valence-electron chi connectivity index (χ0n) is 11.2. The first kappa shape index (κ1) is 13.6. The number of nitrogens with zero attached hydrogens (tertiary/aromatic N) is 5. The predicted octanol–water partition coefficient (Wildman–Crippen LogP) is 1.56. The average Bonchev–Trinajstić information content (AvgIpc) is 2.95. The standard InChI is InChI=1S/C12H16ClN5O/c1-4-18-11(10(13)7-15-18)12(19)16(2)8-9-5-6-14-17(9)3/h5-7H,4,8H2,1-3H3. The molecule has 0 aliphatic rings. The molecule has 0 fully saturated rings. The number of halogens is 1. The molecule has 0 spiro atoms. The molecule has 2 rings (SSSR count). The SMILES string of the molecule is CCn1ncc(Cl)c1C(=O)N(C)Cc1ccnn1C. The molecular weight excluding hydrogens is 266 g/mol. The van der Waals surface area contributed by atoms with E-state index in [-0.39, 0.29) is 5.91 Å². The summed E-state index contributed by atoms with van der Waals surface area (Å²) >= 11 is 6.03. The fourth-order valence-corrected chi connectivity index (χ4v) is 2.09. The molecule has 0 saturated carbocycles. The number of carbonyl (C=O) groups excluding carboxylic acids is 1. The van der Waals surface area contributed by atoms with E-state index in [1.807, 2.05) is 20.0 Å². The summed E-state index contributed by atoms with van der Waals surface area (Å²) in [4.78, 5) is 14.0. The Balaban J connectivity index is 2.19. The molecule has 2 aromatic rings. The Bertz CT molecular complexity index is 589. The maximum absolute atomic E-state index is 12.4. The fourth-order valence-electron chi connectivity index (χ4n) is 1.87. The second kappa shape index (κ2) is 5.44. The molecule has 0 aliphatic carbocycles. The summed E-state index contributed by atoms with van der Waals surface area (Å²) in [7, 11) is 3.58. The van der Waals surface area contributed by atoms with Crippen molar-refractivity contribution in [2.45, 2.75) is 20.0 Å². The molecule has 0 atom stereocenters. The Morgan fingerprint density at radius 3 is 2.79 bits per heavy atom. The molecule has 0 aromatic carbocycles. The van der Waals surface area contributed by atoms with Gasteiger partial charge in [-0.15, -0.1) is 0 Å². The zero-order chi connectivity index (χ0) is 14.0. The first-order chi connectivity index (χ1) is 9.04. The van der Waals surface area contributed by atoms with Crippen molar-refractivity contribution in [3.63, 3.8) is 0 Å². The quantitative estimate of drug-likeness (QED) is 0.855. The van der Waals surface area contributed by atoms with Gasteiger partial charge in [-0.2, -0.15) is 10.2 Å². The van der Waals surface area contributed by atoms with E-state index in [0.717, 1.165) is 5.69 Å². The van der Waals surface area contributed by atoms with Gasteiger partial charge in [0, 0.05) is 26.8 Å². The van der Waals surface area contributed by atoms with Crippen LogP contribution in [0.3, 0.4) is 0 Å². The normalized spacial score (nSPS) is 10.7. The van der Waals surface area contributed by atoms with Crippen LogP contribution < -0.4 is 0 Å². The number of hydrogen-bond acceptors (Lipinski definition) is 3. The van der Waals surface area contributed by atoms with Gasteiger partial charge in [0.1, 0.15) is 5.69 Å². The first-order valence-electron chi connectivity index (χ1n) is 5.98. The first-order valence-corrected chi connectivity index (χ1v) is 6.36. The largest absolute Gasteiger partial charge is 0.334 e. The molecular formula is C12H16ClN5O. The minimum Gasteiger partial charge on any atom is -0.334 e. The van der Waals surface area contributed by atoms with Crippen LogP contribution in [0.1, 0.15) is 23.1 Å². The van der Waals surface area contributed by atoms with Gasteiger partial charge in [-0.3, -0.25) is 14.2 Å². The number of rotatable bonds is 4. The van der Waals surface area contributed by atoms with Crippen molar-refractivity contribution >= 4 is 17.5 Å². The Labute approximate surface area is 116 Å². The van der Waals surface area contributed by atoms with E-state index >= 15 is 0 Å². The van der Waals surface area contributed by atoms with Gasteiger partial charge in [-0.05, 0) is 13.0 Å². The van der Waals surface area contributed by atoms with Gasteiger partial charge in [0.2, 0.25) is 0 Å². The van der Waals surface area contributed by atoms with Crippen LogP contribution in [-0.2, 0) is 20.1 Å². The molecule has 0 radical (unpaired) electrons. The number of amides is 1. The molecule has 19 heavy (non-hydrogen) atoms. The van der Waals surface area contributed by atoms with E-state index in [4.69, 9.17) is 11.6 Å². The van der Waals surface area contributed by atoms with E-state index in [1.165, 1.54) is 6.20 Å². The summed E-state index contributed by atoms with van der Waals surface area (Å²) < 4.78 is 3.34. The monoisotopic (exact) mass is 281 g/mol. The van der Waals surface area contributed by atoms with Crippen LogP contribution in [0.5, 0.6) is 0 Å². The zero-order valence-corrected chi connectivity index (χ0v) is 11.9. The van der Waals surface area contributed by atoms with Crippen LogP contribution in [0.25, 0.3) is 0 Å². The lowest BCUT2D eigenvalue weighted by molar-refractivity contribution is 0.0770. The minimum atomic E-state index is -0.148. The predicted molar refractivity (Wildman–Crippen MR) is 71.9 cm³/mol. The lowest BCUT2D eigenvalue weighted by Gasteiger charge is -2.17. The van der Waals surface area contributed by atoms with Crippen molar-refractivity contribution in [2.75, 3.05) is 7.05 Å². The van der Waals surface area contributed by atoms with Crippen LogP contribution in [0.2, 0.25) is 5.02 Å². The van der Waals surface area contributed by atoms with Gasteiger partial charge < -0.3 is 4.90 Å². The van der Waals surface area contributed by atoms with Gasteiger partial charge >= 0.3 is 0 Å². The maximum atomic E-state index is 12.4. The van der Waals surface area contributed by atoms with E-state index < -0.39 is 0 Å². The Morgan fingerprint density at radius 1 is 1.47 bits per heavy atom. The van der Waals surface area contributed by atoms with Gasteiger partial charge in [-0.1, -0.05) is 11.6 Å². The molecule has 0 N–H and O–H groups in total. The van der Waals surface area contributed by atoms with Crippen molar-refractivity contribution in [3.8, 4) is 0 Å². The highest BCUT2D eigenvalue weighted by molar-refractivity contribution is 6.33.